The lowest BCUT2D eigenvalue weighted by atomic mass is 10.2. The fraction of sp³-hybridized carbons (Fsp3) is 0.333. The molecule has 0 bridgehead atoms. The molecule has 6 nitrogen and oxygen atoms in total. The van der Waals surface area contributed by atoms with Gasteiger partial charge < -0.3 is 20.1 Å². The Morgan fingerprint density at radius 3 is 2.65 bits per heavy atom. The van der Waals surface area contributed by atoms with E-state index in [0.29, 0.717) is 6.07 Å². The third kappa shape index (κ3) is 4.67. The third-order valence-electron chi connectivity index (χ3n) is 3.39. The Morgan fingerprint density at radius 1 is 1.42 bits per heavy atom. The summed E-state index contributed by atoms with van der Waals surface area (Å²) in [6.45, 7) is -0.530. The topological polar surface area (TPSA) is 78.9 Å². The standard InChI is InChI=1S/C15H14F4N2O4S/c1-25-14(24)9-7-21(4-5-22)13(23)12(9)20-11-3-2-8(6-10(11)16)26-15(17,18)19/h2-3,6,20,22H,4-5,7H2,1H3. The number of methoxy groups -OCH3 is 1. The summed E-state index contributed by atoms with van der Waals surface area (Å²) in [5, 5.41) is 11.4. The van der Waals surface area contributed by atoms with Gasteiger partial charge in [0.15, 0.2) is 0 Å². The Labute approximate surface area is 149 Å². The van der Waals surface area contributed by atoms with Gasteiger partial charge in [0.1, 0.15) is 11.5 Å². The van der Waals surface area contributed by atoms with E-state index < -0.39 is 35.0 Å². The van der Waals surface area contributed by atoms with Gasteiger partial charge in [0.2, 0.25) is 0 Å². The molecular weight excluding hydrogens is 380 g/mol. The van der Waals surface area contributed by atoms with Crippen LogP contribution in [0.1, 0.15) is 0 Å². The lowest BCUT2D eigenvalue weighted by molar-refractivity contribution is -0.136. The number of nitrogens with zero attached hydrogens (tertiary/aromatic N) is 1. The molecule has 0 spiro atoms. The fourth-order valence-corrected chi connectivity index (χ4v) is 2.84. The van der Waals surface area contributed by atoms with Crippen LogP contribution in [0.4, 0.5) is 23.2 Å². The minimum Gasteiger partial charge on any atom is -0.466 e. The molecule has 1 aromatic rings. The highest BCUT2D eigenvalue weighted by Gasteiger charge is 2.35. The van der Waals surface area contributed by atoms with Crippen molar-refractivity contribution in [3.63, 3.8) is 0 Å². The molecule has 26 heavy (non-hydrogen) atoms. The highest BCUT2D eigenvalue weighted by molar-refractivity contribution is 8.00. The first kappa shape index (κ1) is 20.0. The van der Waals surface area contributed by atoms with Gasteiger partial charge in [-0.05, 0) is 30.0 Å². The smallest absolute Gasteiger partial charge is 0.446 e. The van der Waals surface area contributed by atoms with Crippen LogP contribution in [-0.2, 0) is 14.3 Å². The maximum absolute atomic E-state index is 14.1. The summed E-state index contributed by atoms with van der Waals surface area (Å²) in [7, 11) is 1.11. The number of benzene rings is 1. The number of hydrogen-bond donors (Lipinski definition) is 2. The molecule has 1 heterocycles. The third-order valence-corrected chi connectivity index (χ3v) is 4.11. The molecular formula is C15H14F4N2O4S. The van der Waals surface area contributed by atoms with Crippen LogP contribution in [0, 0.1) is 5.82 Å². The van der Waals surface area contributed by atoms with E-state index in [-0.39, 0.29) is 41.5 Å². The van der Waals surface area contributed by atoms with Gasteiger partial charge in [-0.1, -0.05) is 0 Å². The van der Waals surface area contributed by atoms with Crippen LogP contribution < -0.4 is 5.32 Å². The number of hydrogen-bond acceptors (Lipinski definition) is 6. The van der Waals surface area contributed by atoms with E-state index in [0.717, 1.165) is 24.1 Å². The minimum atomic E-state index is -4.56. The molecule has 2 N–H and O–H groups in total. The number of nitrogens with one attached hydrogen (secondary N) is 1. The molecule has 0 saturated heterocycles. The van der Waals surface area contributed by atoms with Gasteiger partial charge in [-0.25, -0.2) is 9.18 Å². The summed E-state index contributed by atoms with van der Waals surface area (Å²) < 4.78 is 55.7. The SMILES string of the molecule is COC(=O)C1=C(Nc2ccc(SC(F)(F)F)cc2F)C(=O)N(CCO)C1. The minimum absolute atomic E-state index is 0.0475. The lowest BCUT2D eigenvalue weighted by Gasteiger charge is -2.15. The molecule has 1 aliphatic heterocycles. The zero-order valence-corrected chi connectivity index (χ0v) is 14.2. The quantitative estimate of drug-likeness (QED) is 0.437. The first-order chi connectivity index (χ1) is 12.2. The van der Waals surface area contributed by atoms with Crippen LogP contribution in [0.5, 0.6) is 0 Å². The summed E-state index contributed by atoms with van der Waals surface area (Å²) in [4.78, 5) is 24.9. The van der Waals surface area contributed by atoms with Crippen LogP contribution in [-0.4, -0.2) is 54.2 Å². The molecule has 0 saturated carbocycles. The molecule has 0 aliphatic carbocycles. The molecule has 1 aromatic carbocycles. The first-order valence-corrected chi connectivity index (χ1v) is 8.02. The zero-order chi connectivity index (χ0) is 19.5. The van der Waals surface area contributed by atoms with Gasteiger partial charge in [-0.15, -0.1) is 0 Å². The number of alkyl halides is 3. The summed E-state index contributed by atoms with van der Waals surface area (Å²) in [6, 6.07) is 2.74. The number of thioether (sulfide) groups is 1. The Bertz CT molecular complexity index is 752. The lowest BCUT2D eigenvalue weighted by Crippen LogP contribution is -2.31. The number of esters is 1. The van der Waals surface area contributed by atoms with Crippen molar-refractivity contribution in [2.24, 2.45) is 0 Å². The average Bonchev–Trinajstić information content (AvgIpc) is 2.85. The second kappa shape index (κ2) is 7.96. The number of carbonyl (C=O) groups excluding carboxylic acids is 2. The summed E-state index contributed by atoms with van der Waals surface area (Å²) in [5.74, 6) is -2.50. The zero-order valence-electron chi connectivity index (χ0n) is 13.4. The maximum Gasteiger partial charge on any atom is 0.446 e. The van der Waals surface area contributed by atoms with E-state index in [9.17, 15) is 27.2 Å². The number of carbonyl (C=O) groups is 2. The van der Waals surface area contributed by atoms with Crippen molar-refractivity contribution in [2.75, 3.05) is 32.1 Å². The number of aliphatic hydroxyl groups is 1. The van der Waals surface area contributed by atoms with Gasteiger partial charge in [-0.2, -0.15) is 13.2 Å². The van der Waals surface area contributed by atoms with Crippen molar-refractivity contribution in [1.29, 1.82) is 0 Å². The van der Waals surface area contributed by atoms with Crippen LogP contribution in [0.2, 0.25) is 0 Å². The van der Waals surface area contributed by atoms with E-state index in [1.165, 1.54) is 0 Å². The summed E-state index contributed by atoms with van der Waals surface area (Å²) in [5.41, 5.74) is -5.15. The first-order valence-electron chi connectivity index (χ1n) is 7.20. The van der Waals surface area contributed by atoms with Gasteiger partial charge >= 0.3 is 11.5 Å². The van der Waals surface area contributed by atoms with E-state index in [1.54, 1.807) is 0 Å². The molecule has 0 aromatic heterocycles. The highest BCUT2D eigenvalue weighted by atomic mass is 32.2. The second-order valence-electron chi connectivity index (χ2n) is 5.11. The molecule has 0 radical (unpaired) electrons. The Kier molecular flexibility index (Phi) is 6.13. The molecule has 0 unspecified atom stereocenters. The van der Waals surface area contributed by atoms with Crippen molar-refractivity contribution < 1.29 is 37.0 Å². The number of anilines is 1. The number of rotatable bonds is 6. The van der Waals surface area contributed by atoms with Gasteiger partial charge in [0.05, 0.1) is 31.5 Å². The fourth-order valence-electron chi connectivity index (χ4n) is 2.28. The molecule has 142 valence electrons. The molecule has 11 heteroatoms. The van der Waals surface area contributed by atoms with E-state index >= 15 is 0 Å². The average molecular weight is 394 g/mol. The second-order valence-corrected chi connectivity index (χ2v) is 6.25. The van der Waals surface area contributed by atoms with Gasteiger partial charge in [0, 0.05) is 11.4 Å². The molecule has 0 atom stereocenters. The van der Waals surface area contributed by atoms with Crippen molar-refractivity contribution in [3.05, 3.63) is 35.3 Å². The van der Waals surface area contributed by atoms with Crippen LogP contribution in [0.25, 0.3) is 0 Å². The maximum atomic E-state index is 14.1. The van der Waals surface area contributed by atoms with Crippen molar-refractivity contribution >= 4 is 29.3 Å². The number of halogens is 4. The monoisotopic (exact) mass is 394 g/mol. The predicted molar refractivity (Wildman–Crippen MR) is 84.6 cm³/mol. The number of amides is 1. The summed E-state index contributed by atoms with van der Waals surface area (Å²) >= 11 is -0.474. The normalized spacial score (nSPS) is 14.8. The van der Waals surface area contributed by atoms with E-state index in [1.807, 2.05) is 0 Å². The molecule has 2 rings (SSSR count). The Morgan fingerprint density at radius 2 is 2.12 bits per heavy atom. The van der Waals surface area contributed by atoms with Crippen molar-refractivity contribution in [1.82, 2.24) is 4.90 Å². The van der Waals surface area contributed by atoms with Crippen LogP contribution >= 0.6 is 11.8 Å². The van der Waals surface area contributed by atoms with Gasteiger partial charge in [0.25, 0.3) is 5.91 Å². The Hall–Kier alpha value is -2.27. The summed E-state index contributed by atoms with van der Waals surface area (Å²) in [6.07, 6.45) is 0. The van der Waals surface area contributed by atoms with Crippen LogP contribution in [0.15, 0.2) is 34.4 Å². The van der Waals surface area contributed by atoms with E-state index in [4.69, 9.17) is 5.11 Å². The van der Waals surface area contributed by atoms with E-state index in [2.05, 4.69) is 10.1 Å². The van der Waals surface area contributed by atoms with Crippen LogP contribution in [0.3, 0.4) is 0 Å². The Balaban J connectivity index is 2.29. The number of ether oxygens (including phenoxy) is 1. The number of β-amino-alcohol motifs (C(OH)–C–C–N with tert-alkyl or cyclic N) is 1. The van der Waals surface area contributed by atoms with Crippen molar-refractivity contribution in [3.8, 4) is 0 Å². The molecule has 0 fully saturated rings. The molecule has 1 amide bonds. The highest BCUT2D eigenvalue weighted by Crippen LogP contribution is 2.38. The predicted octanol–water partition coefficient (Wildman–Crippen LogP) is 2.11. The van der Waals surface area contributed by atoms with Gasteiger partial charge in [-0.3, -0.25) is 4.79 Å². The largest absolute Gasteiger partial charge is 0.466 e. The number of aliphatic hydroxyl groups excluding tert-OH is 1. The van der Waals surface area contributed by atoms with Crippen molar-refractivity contribution in [2.45, 2.75) is 10.4 Å². The molecule has 1 aliphatic rings.